The van der Waals surface area contributed by atoms with Crippen molar-refractivity contribution in [2.24, 2.45) is 23.2 Å². The molecule has 0 saturated heterocycles. The highest BCUT2D eigenvalue weighted by atomic mass is 32.2. The first-order valence-electron chi connectivity index (χ1n) is 10.6. The lowest BCUT2D eigenvalue weighted by Gasteiger charge is -2.56. The fourth-order valence-corrected chi connectivity index (χ4v) is 7.73. The average Bonchev–Trinajstić information content (AvgIpc) is 2.59. The average molecular weight is 405 g/mol. The van der Waals surface area contributed by atoms with Crippen molar-refractivity contribution in [3.05, 3.63) is 29.3 Å². The Kier molecular flexibility index (Phi) is 5.29. The van der Waals surface area contributed by atoms with Gasteiger partial charge in [0.1, 0.15) is 0 Å². The Morgan fingerprint density at radius 2 is 1.64 bits per heavy atom. The Hall–Kier alpha value is -1.40. The van der Waals surface area contributed by atoms with E-state index in [1.165, 1.54) is 38.5 Å². The number of hydrogen-bond donors (Lipinski definition) is 2. The third kappa shape index (κ3) is 4.13. The molecule has 0 aromatic heterocycles. The maximum atomic E-state index is 12.5. The number of rotatable bonds is 7. The molecular weight excluding hydrogens is 372 g/mol. The SMILES string of the molecule is Cc1ccc(C)c(S(=O)(=O)NCCNC(=O)CC23CC4CC(CC(C4)C2)C3)c1. The standard InChI is InChI=1S/C22H32N2O3S/c1-15-3-4-16(2)20(7-15)28(26,27)24-6-5-23-21(25)14-22-11-17-8-18(12-22)10-19(9-17)13-22/h3-4,7,17-19,24H,5-6,8-14H2,1-2H3,(H,23,25). The molecule has 4 bridgehead atoms. The summed E-state index contributed by atoms with van der Waals surface area (Å²) in [4.78, 5) is 12.8. The molecule has 4 aliphatic carbocycles. The van der Waals surface area contributed by atoms with Crippen LogP contribution in [-0.2, 0) is 14.8 Å². The van der Waals surface area contributed by atoms with Crippen LogP contribution in [0.4, 0.5) is 0 Å². The molecule has 0 aliphatic heterocycles. The van der Waals surface area contributed by atoms with Crippen molar-refractivity contribution >= 4 is 15.9 Å². The second-order valence-electron chi connectivity index (χ2n) is 9.61. The van der Waals surface area contributed by atoms with Gasteiger partial charge in [0.25, 0.3) is 0 Å². The van der Waals surface area contributed by atoms with Crippen LogP contribution in [0.15, 0.2) is 23.1 Å². The summed E-state index contributed by atoms with van der Waals surface area (Å²) in [5.41, 5.74) is 1.86. The lowest BCUT2D eigenvalue weighted by Crippen LogP contribution is -2.48. The van der Waals surface area contributed by atoms with Crippen LogP contribution in [0.25, 0.3) is 0 Å². The summed E-state index contributed by atoms with van der Waals surface area (Å²) in [5, 5.41) is 2.94. The topological polar surface area (TPSA) is 75.3 Å². The van der Waals surface area contributed by atoms with Crippen LogP contribution < -0.4 is 10.0 Å². The minimum Gasteiger partial charge on any atom is -0.355 e. The van der Waals surface area contributed by atoms with Gasteiger partial charge < -0.3 is 5.32 Å². The Morgan fingerprint density at radius 1 is 1.04 bits per heavy atom. The number of amides is 1. The van der Waals surface area contributed by atoms with E-state index in [-0.39, 0.29) is 17.9 Å². The van der Waals surface area contributed by atoms with Crippen LogP contribution in [0.5, 0.6) is 0 Å². The Bertz CT molecular complexity index is 827. The minimum atomic E-state index is -3.56. The van der Waals surface area contributed by atoms with E-state index < -0.39 is 10.0 Å². The highest BCUT2D eigenvalue weighted by Crippen LogP contribution is 2.61. The molecule has 4 saturated carbocycles. The van der Waals surface area contributed by atoms with E-state index in [4.69, 9.17) is 0 Å². The van der Waals surface area contributed by atoms with Crippen molar-refractivity contribution in [1.29, 1.82) is 0 Å². The fraction of sp³-hybridized carbons (Fsp3) is 0.682. The predicted molar refractivity (Wildman–Crippen MR) is 109 cm³/mol. The van der Waals surface area contributed by atoms with E-state index in [1.54, 1.807) is 13.0 Å². The van der Waals surface area contributed by atoms with Crippen molar-refractivity contribution in [3.8, 4) is 0 Å². The Labute approximate surface area is 168 Å². The predicted octanol–water partition coefficient (Wildman–Crippen LogP) is 3.30. The summed E-state index contributed by atoms with van der Waals surface area (Å²) < 4.78 is 27.7. The van der Waals surface area contributed by atoms with Gasteiger partial charge in [-0.05, 0) is 92.7 Å². The van der Waals surface area contributed by atoms with Crippen molar-refractivity contribution < 1.29 is 13.2 Å². The van der Waals surface area contributed by atoms with Crippen molar-refractivity contribution in [2.45, 2.75) is 63.7 Å². The molecule has 4 fully saturated rings. The van der Waals surface area contributed by atoms with E-state index in [9.17, 15) is 13.2 Å². The molecular formula is C22H32N2O3S. The van der Waals surface area contributed by atoms with Gasteiger partial charge in [-0.25, -0.2) is 13.1 Å². The third-order valence-electron chi connectivity index (χ3n) is 7.07. The molecule has 1 amide bonds. The molecule has 1 aromatic rings. The van der Waals surface area contributed by atoms with Gasteiger partial charge in [-0.1, -0.05) is 12.1 Å². The first kappa shape index (κ1) is 19.9. The van der Waals surface area contributed by atoms with Crippen LogP contribution in [0.1, 0.15) is 56.1 Å². The fourth-order valence-electron chi connectivity index (χ4n) is 6.37. The summed E-state index contributed by atoms with van der Waals surface area (Å²) in [6.45, 7) is 4.21. The van der Waals surface area contributed by atoms with E-state index in [2.05, 4.69) is 10.0 Å². The zero-order valence-electron chi connectivity index (χ0n) is 17.0. The number of carbonyl (C=O) groups excluding carboxylic acids is 1. The summed E-state index contributed by atoms with van der Waals surface area (Å²) in [6, 6.07) is 5.40. The highest BCUT2D eigenvalue weighted by Gasteiger charge is 2.51. The van der Waals surface area contributed by atoms with Gasteiger partial charge in [0.05, 0.1) is 4.90 Å². The maximum absolute atomic E-state index is 12.5. The molecule has 0 radical (unpaired) electrons. The van der Waals surface area contributed by atoms with Gasteiger partial charge in [-0.15, -0.1) is 0 Å². The lowest BCUT2D eigenvalue weighted by molar-refractivity contribution is -0.129. The van der Waals surface area contributed by atoms with Gasteiger partial charge in [-0.3, -0.25) is 4.79 Å². The molecule has 4 aliphatic rings. The van der Waals surface area contributed by atoms with Crippen LogP contribution in [0, 0.1) is 37.0 Å². The molecule has 0 heterocycles. The van der Waals surface area contributed by atoms with Crippen LogP contribution in [-0.4, -0.2) is 27.4 Å². The van der Waals surface area contributed by atoms with Crippen molar-refractivity contribution in [3.63, 3.8) is 0 Å². The summed E-state index contributed by atoms with van der Waals surface area (Å²) in [5.74, 6) is 2.59. The van der Waals surface area contributed by atoms with Gasteiger partial charge >= 0.3 is 0 Å². The largest absolute Gasteiger partial charge is 0.355 e. The molecule has 5 nitrogen and oxygen atoms in total. The van der Waals surface area contributed by atoms with Crippen LogP contribution >= 0.6 is 0 Å². The number of sulfonamides is 1. The molecule has 0 spiro atoms. The number of carbonyl (C=O) groups is 1. The molecule has 6 heteroatoms. The van der Waals surface area contributed by atoms with E-state index in [0.29, 0.717) is 17.9 Å². The molecule has 154 valence electrons. The first-order valence-corrected chi connectivity index (χ1v) is 12.1. The lowest BCUT2D eigenvalue weighted by atomic mass is 9.49. The van der Waals surface area contributed by atoms with Crippen molar-refractivity contribution in [1.82, 2.24) is 10.0 Å². The molecule has 28 heavy (non-hydrogen) atoms. The number of nitrogens with one attached hydrogen (secondary N) is 2. The second kappa shape index (κ2) is 7.45. The smallest absolute Gasteiger partial charge is 0.240 e. The van der Waals surface area contributed by atoms with Gasteiger partial charge in [0.15, 0.2) is 0 Å². The second-order valence-corrected chi connectivity index (χ2v) is 11.3. The van der Waals surface area contributed by atoms with E-state index >= 15 is 0 Å². The van der Waals surface area contributed by atoms with Gasteiger partial charge in [-0.2, -0.15) is 0 Å². The van der Waals surface area contributed by atoms with Crippen LogP contribution in [0.2, 0.25) is 0 Å². The molecule has 1 aromatic carbocycles. The van der Waals surface area contributed by atoms with Crippen LogP contribution in [0.3, 0.4) is 0 Å². The van der Waals surface area contributed by atoms with Gasteiger partial charge in [0.2, 0.25) is 15.9 Å². The number of benzene rings is 1. The van der Waals surface area contributed by atoms with Gasteiger partial charge in [0, 0.05) is 19.5 Å². The zero-order valence-corrected chi connectivity index (χ0v) is 17.8. The molecule has 0 unspecified atom stereocenters. The minimum absolute atomic E-state index is 0.0767. The molecule has 2 N–H and O–H groups in total. The summed E-state index contributed by atoms with van der Waals surface area (Å²) in [6.07, 6.45) is 8.38. The van der Waals surface area contributed by atoms with Crippen molar-refractivity contribution in [2.75, 3.05) is 13.1 Å². The molecule has 0 atom stereocenters. The van der Waals surface area contributed by atoms with E-state index in [0.717, 1.165) is 28.9 Å². The third-order valence-corrected chi connectivity index (χ3v) is 8.68. The monoisotopic (exact) mass is 404 g/mol. The highest BCUT2D eigenvalue weighted by molar-refractivity contribution is 7.89. The van der Waals surface area contributed by atoms with E-state index in [1.807, 2.05) is 19.1 Å². The Morgan fingerprint density at radius 3 is 2.25 bits per heavy atom. The summed E-state index contributed by atoms with van der Waals surface area (Å²) >= 11 is 0. The number of aryl methyl sites for hydroxylation is 2. The normalized spacial score (nSPS) is 31.1. The maximum Gasteiger partial charge on any atom is 0.240 e. The molecule has 5 rings (SSSR count). The number of hydrogen-bond acceptors (Lipinski definition) is 3. The Balaban J connectivity index is 1.26. The summed E-state index contributed by atoms with van der Waals surface area (Å²) in [7, 11) is -3.56. The zero-order chi connectivity index (χ0) is 19.9. The quantitative estimate of drug-likeness (QED) is 0.685. The first-order chi connectivity index (χ1) is 13.2.